The van der Waals surface area contributed by atoms with Crippen molar-refractivity contribution in [3.05, 3.63) is 54.2 Å². The molecule has 2 aromatic rings. The molecule has 3 rings (SSSR count). The van der Waals surface area contributed by atoms with Gasteiger partial charge in [-0.15, -0.1) is 0 Å². The van der Waals surface area contributed by atoms with Crippen LogP contribution in [-0.4, -0.2) is 48.6 Å². The number of piperazine rings is 1. The number of aromatic nitrogens is 1. The summed E-state index contributed by atoms with van der Waals surface area (Å²) >= 11 is 0. The SMILES string of the molecule is Cc1ccc(OCCC(=O)N2CCN(c3ccccn3)CC2)cc1. The van der Waals surface area contributed by atoms with E-state index < -0.39 is 0 Å². The van der Waals surface area contributed by atoms with E-state index in [4.69, 9.17) is 4.74 Å². The minimum atomic E-state index is 0.155. The Morgan fingerprint density at radius 1 is 1.08 bits per heavy atom. The average Bonchev–Trinajstić information content (AvgIpc) is 2.64. The van der Waals surface area contributed by atoms with Gasteiger partial charge in [0.25, 0.3) is 0 Å². The van der Waals surface area contributed by atoms with Crippen LogP contribution in [0.15, 0.2) is 48.7 Å². The van der Waals surface area contributed by atoms with Crippen molar-refractivity contribution in [2.24, 2.45) is 0 Å². The fourth-order valence-electron chi connectivity index (χ4n) is 2.77. The van der Waals surface area contributed by atoms with Gasteiger partial charge in [0.1, 0.15) is 11.6 Å². The van der Waals surface area contributed by atoms with Crippen molar-refractivity contribution < 1.29 is 9.53 Å². The molecular weight excluding hydrogens is 302 g/mol. The van der Waals surface area contributed by atoms with E-state index in [1.54, 1.807) is 6.20 Å². The number of amides is 1. The number of benzene rings is 1. The molecule has 1 aliphatic heterocycles. The lowest BCUT2D eigenvalue weighted by molar-refractivity contribution is -0.132. The average molecular weight is 325 g/mol. The Hall–Kier alpha value is -2.56. The summed E-state index contributed by atoms with van der Waals surface area (Å²) in [6.07, 6.45) is 2.22. The standard InChI is InChI=1S/C19H23N3O2/c1-16-5-7-17(8-6-16)24-15-9-19(23)22-13-11-21(12-14-22)18-4-2-3-10-20-18/h2-8,10H,9,11-15H2,1H3. The smallest absolute Gasteiger partial charge is 0.226 e. The Balaban J connectivity index is 1.41. The van der Waals surface area contributed by atoms with Gasteiger partial charge >= 0.3 is 0 Å². The molecule has 1 fully saturated rings. The molecule has 1 aromatic carbocycles. The van der Waals surface area contributed by atoms with Crippen LogP contribution >= 0.6 is 0 Å². The predicted octanol–water partition coefficient (Wildman–Crippen LogP) is 2.51. The maximum absolute atomic E-state index is 12.3. The van der Waals surface area contributed by atoms with Gasteiger partial charge in [-0.3, -0.25) is 4.79 Å². The Labute approximate surface area is 142 Å². The summed E-state index contributed by atoms with van der Waals surface area (Å²) in [5.74, 6) is 1.95. The number of aryl methyl sites for hydroxylation is 1. The lowest BCUT2D eigenvalue weighted by atomic mass is 10.2. The number of nitrogens with zero attached hydrogens (tertiary/aromatic N) is 3. The van der Waals surface area contributed by atoms with Gasteiger partial charge in [0.05, 0.1) is 13.0 Å². The van der Waals surface area contributed by atoms with E-state index in [1.165, 1.54) is 5.56 Å². The van der Waals surface area contributed by atoms with E-state index in [-0.39, 0.29) is 5.91 Å². The number of ether oxygens (including phenoxy) is 1. The third-order valence-corrected chi connectivity index (χ3v) is 4.21. The molecule has 0 unspecified atom stereocenters. The topological polar surface area (TPSA) is 45.7 Å². The molecule has 0 saturated carbocycles. The highest BCUT2D eigenvalue weighted by Crippen LogP contribution is 2.14. The van der Waals surface area contributed by atoms with Gasteiger partial charge in [0, 0.05) is 32.4 Å². The van der Waals surface area contributed by atoms with E-state index >= 15 is 0 Å². The van der Waals surface area contributed by atoms with Crippen LogP contribution in [0.4, 0.5) is 5.82 Å². The fraction of sp³-hybridized carbons (Fsp3) is 0.368. The Kier molecular flexibility index (Phi) is 5.31. The maximum Gasteiger partial charge on any atom is 0.226 e. The summed E-state index contributed by atoms with van der Waals surface area (Å²) in [5.41, 5.74) is 1.20. The second-order valence-electron chi connectivity index (χ2n) is 5.97. The van der Waals surface area contributed by atoms with Crippen LogP contribution in [0.25, 0.3) is 0 Å². The third kappa shape index (κ3) is 4.25. The fourth-order valence-corrected chi connectivity index (χ4v) is 2.77. The Morgan fingerprint density at radius 2 is 1.83 bits per heavy atom. The highest BCUT2D eigenvalue weighted by molar-refractivity contribution is 5.76. The van der Waals surface area contributed by atoms with Crippen LogP contribution in [0.3, 0.4) is 0 Å². The zero-order valence-corrected chi connectivity index (χ0v) is 14.0. The third-order valence-electron chi connectivity index (χ3n) is 4.21. The lowest BCUT2D eigenvalue weighted by Crippen LogP contribution is -2.49. The van der Waals surface area contributed by atoms with Crippen LogP contribution < -0.4 is 9.64 Å². The molecule has 1 aromatic heterocycles. The molecule has 5 heteroatoms. The van der Waals surface area contributed by atoms with Crippen LogP contribution in [-0.2, 0) is 4.79 Å². The van der Waals surface area contributed by atoms with Gasteiger partial charge in [-0.1, -0.05) is 23.8 Å². The van der Waals surface area contributed by atoms with Crippen LogP contribution in [0, 0.1) is 6.92 Å². The summed E-state index contributed by atoms with van der Waals surface area (Å²) in [5, 5.41) is 0. The molecule has 24 heavy (non-hydrogen) atoms. The van der Waals surface area contributed by atoms with Gasteiger partial charge in [-0.2, -0.15) is 0 Å². The molecule has 0 spiro atoms. The lowest BCUT2D eigenvalue weighted by Gasteiger charge is -2.35. The summed E-state index contributed by atoms with van der Waals surface area (Å²) in [6.45, 7) is 5.57. The van der Waals surface area contributed by atoms with Gasteiger partial charge in [0.2, 0.25) is 5.91 Å². The first kappa shape index (κ1) is 16.3. The molecule has 0 bridgehead atoms. The molecule has 126 valence electrons. The van der Waals surface area contributed by atoms with Crippen molar-refractivity contribution in [2.75, 3.05) is 37.7 Å². The highest BCUT2D eigenvalue weighted by atomic mass is 16.5. The number of hydrogen-bond acceptors (Lipinski definition) is 4. The van der Waals surface area contributed by atoms with Gasteiger partial charge in [0.15, 0.2) is 0 Å². The molecule has 1 saturated heterocycles. The van der Waals surface area contributed by atoms with Crippen molar-refractivity contribution in [1.29, 1.82) is 0 Å². The minimum Gasteiger partial charge on any atom is -0.493 e. The molecule has 0 aliphatic carbocycles. The molecule has 1 amide bonds. The molecule has 1 aliphatic rings. The number of carbonyl (C=O) groups excluding carboxylic acids is 1. The molecule has 2 heterocycles. The maximum atomic E-state index is 12.3. The second-order valence-corrected chi connectivity index (χ2v) is 5.97. The largest absolute Gasteiger partial charge is 0.493 e. The van der Waals surface area contributed by atoms with Crippen molar-refractivity contribution in [1.82, 2.24) is 9.88 Å². The van der Waals surface area contributed by atoms with Gasteiger partial charge in [-0.05, 0) is 31.2 Å². The highest BCUT2D eigenvalue weighted by Gasteiger charge is 2.21. The number of pyridine rings is 1. The van der Waals surface area contributed by atoms with E-state index in [9.17, 15) is 4.79 Å². The molecule has 0 N–H and O–H groups in total. The van der Waals surface area contributed by atoms with E-state index in [0.717, 1.165) is 37.7 Å². The van der Waals surface area contributed by atoms with Crippen LogP contribution in [0.1, 0.15) is 12.0 Å². The summed E-state index contributed by atoms with van der Waals surface area (Å²) in [7, 11) is 0. The van der Waals surface area contributed by atoms with E-state index in [1.807, 2.05) is 54.3 Å². The van der Waals surface area contributed by atoms with Crippen LogP contribution in [0.2, 0.25) is 0 Å². The predicted molar refractivity (Wildman–Crippen MR) is 94.3 cm³/mol. The number of carbonyl (C=O) groups is 1. The van der Waals surface area contributed by atoms with Gasteiger partial charge < -0.3 is 14.5 Å². The van der Waals surface area contributed by atoms with Gasteiger partial charge in [-0.25, -0.2) is 4.98 Å². The minimum absolute atomic E-state index is 0.155. The number of anilines is 1. The second kappa shape index (κ2) is 7.81. The van der Waals surface area contributed by atoms with Crippen molar-refractivity contribution in [2.45, 2.75) is 13.3 Å². The van der Waals surface area contributed by atoms with Crippen molar-refractivity contribution in [3.63, 3.8) is 0 Å². The molecule has 0 radical (unpaired) electrons. The van der Waals surface area contributed by atoms with E-state index in [2.05, 4.69) is 9.88 Å². The Bertz CT molecular complexity index is 650. The summed E-state index contributed by atoms with van der Waals surface area (Å²) in [4.78, 5) is 20.8. The first-order valence-corrected chi connectivity index (χ1v) is 8.35. The zero-order chi connectivity index (χ0) is 16.8. The zero-order valence-electron chi connectivity index (χ0n) is 14.0. The van der Waals surface area contributed by atoms with Crippen LogP contribution in [0.5, 0.6) is 5.75 Å². The van der Waals surface area contributed by atoms with Crippen molar-refractivity contribution in [3.8, 4) is 5.75 Å². The normalized spacial score (nSPS) is 14.5. The Morgan fingerprint density at radius 3 is 2.50 bits per heavy atom. The summed E-state index contributed by atoms with van der Waals surface area (Å²) < 4.78 is 5.64. The first-order chi connectivity index (χ1) is 11.7. The quantitative estimate of drug-likeness (QED) is 0.847. The summed E-state index contributed by atoms with van der Waals surface area (Å²) in [6, 6.07) is 13.8. The number of hydrogen-bond donors (Lipinski definition) is 0. The first-order valence-electron chi connectivity index (χ1n) is 8.35. The molecule has 5 nitrogen and oxygen atoms in total. The van der Waals surface area contributed by atoms with E-state index in [0.29, 0.717) is 13.0 Å². The monoisotopic (exact) mass is 325 g/mol. The van der Waals surface area contributed by atoms with Crippen molar-refractivity contribution >= 4 is 11.7 Å². The molecule has 0 atom stereocenters. The molecular formula is C19H23N3O2. The number of rotatable bonds is 5.